The second kappa shape index (κ2) is 6.25. The van der Waals surface area contributed by atoms with Crippen LogP contribution in [0.3, 0.4) is 0 Å². The highest BCUT2D eigenvalue weighted by atomic mass is 16.5. The molecule has 1 aliphatic carbocycles. The number of hydrogen-bond donors (Lipinski definition) is 1. The van der Waals surface area contributed by atoms with E-state index < -0.39 is 0 Å². The fourth-order valence-corrected chi connectivity index (χ4v) is 3.59. The van der Waals surface area contributed by atoms with E-state index in [0.717, 1.165) is 13.0 Å². The van der Waals surface area contributed by atoms with Crippen LogP contribution in [0.2, 0.25) is 0 Å². The van der Waals surface area contributed by atoms with Gasteiger partial charge in [0.05, 0.1) is 12.1 Å². The summed E-state index contributed by atoms with van der Waals surface area (Å²) in [5, 5.41) is 0. The van der Waals surface area contributed by atoms with Crippen LogP contribution < -0.4 is 5.73 Å². The summed E-state index contributed by atoms with van der Waals surface area (Å²) in [6.07, 6.45) is 2.31. The molecule has 0 aliphatic heterocycles. The van der Waals surface area contributed by atoms with E-state index in [4.69, 9.17) is 10.5 Å². The Bertz CT molecular complexity index is 448. The summed E-state index contributed by atoms with van der Waals surface area (Å²) in [6.45, 7) is 5.91. The van der Waals surface area contributed by atoms with E-state index in [1.165, 1.54) is 17.5 Å². The predicted molar refractivity (Wildman–Crippen MR) is 83.9 cm³/mol. The average molecular weight is 276 g/mol. The molecule has 3 heteroatoms. The van der Waals surface area contributed by atoms with Gasteiger partial charge >= 0.3 is 0 Å². The minimum atomic E-state index is -0.0545. The Hall–Kier alpha value is -0.900. The van der Waals surface area contributed by atoms with Crippen molar-refractivity contribution in [2.24, 2.45) is 5.73 Å². The van der Waals surface area contributed by atoms with Crippen LogP contribution in [-0.2, 0) is 10.3 Å². The van der Waals surface area contributed by atoms with Crippen molar-refractivity contribution in [1.82, 2.24) is 4.90 Å². The van der Waals surface area contributed by atoms with E-state index in [1.807, 2.05) is 0 Å². The summed E-state index contributed by atoms with van der Waals surface area (Å²) >= 11 is 0. The molecule has 0 heterocycles. The topological polar surface area (TPSA) is 38.5 Å². The fraction of sp³-hybridized carbons (Fsp3) is 0.647. The Morgan fingerprint density at radius 2 is 2.15 bits per heavy atom. The van der Waals surface area contributed by atoms with Crippen molar-refractivity contribution in [1.29, 1.82) is 0 Å². The summed E-state index contributed by atoms with van der Waals surface area (Å²) in [6, 6.07) is 9.15. The molecule has 1 aliphatic rings. The summed E-state index contributed by atoms with van der Waals surface area (Å²) < 4.78 is 5.33. The van der Waals surface area contributed by atoms with Gasteiger partial charge in [0.15, 0.2) is 0 Å². The molecule has 112 valence electrons. The third-order valence-electron chi connectivity index (χ3n) is 5.07. The van der Waals surface area contributed by atoms with Crippen molar-refractivity contribution in [2.75, 3.05) is 27.3 Å². The minimum absolute atomic E-state index is 0.0545. The Balaban J connectivity index is 2.43. The number of benzene rings is 1. The monoisotopic (exact) mass is 276 g/mol. The standard InChI is InChI=1S/C17H28N2O/c1-13-9-10-17(12-18,19(3)14(2)11-20-4)16-8-6-5-7-15(13)16/h5-8,13-14H,9-12,18H2,1-4H3. The van der Waals surface area contributed by atoms with Crippen LogP contribution in [0.1, 0.15) is 43.7 Å². The van der Waals surface area contributed by atoms with Gasteiger partial charge in [0.2, 0.25) is 0 Å². The molecule has 1 aromatic carbocycles. The third-order valence-corrected chi connectivity index (χ3v) is 5.07. The molecule has 0 fully saturated rings. The van der Waals surface area contributed by atoms with Gasteiger partial charge in [0, 0.05) is 19.7 Å². The summed E-state index contributed by atoms with van der Waals surface area (Å²) in [5.41, 5.74) is 9.06. The lowest BCUT2D eigenvalue weighted by molar-refractivity contribution is 0.0234. The maximum Gasteiger partial charge on any atom is 0.0615 e. The zero-order valence-electron chi connectivity index (χ0n) is 13.2. The van der Waals surface area contributed by atoms with Gasteiger partial charge in [0.1, 0.15) is 0 Å². The lowest BCUT2D eigenvalue weighted by Gasteiger charge is -2.49. The van der Waals surface area contributed by atoms with E-state index in [2.05, 4.69) is 50.1 Å². The highest BCUT2D eigenvalue weighted by molar-refractivity contribution is 5.39. The molecule has 2 N–H and O–H groups in total. The molecule has 3 nitrogen and oxygen atoms in total. The first-order chi connectivity index (χ1) is 9.56. The largest absolute Gasteiger partial charge is 0.383 e. The first kappa shape index (κ1) is 15.5. The number of nitrogens with zero attached hydrogens (tertiary/aromatic N) is 1. The molecule has 1 aromatic rings. The summed E-state index contributed by atoms with van der Waals surface area (Å²) in [4.78, 5) is 2.42. The molecule has 0 saturated heterocycles. The van der Waals surface area contributed by atoms with Crippen LogP contribution in [0.5, 0.6) is 0 Å². The highest BCUT2D eigenvalue weighted by Gasteiger charge is 2.42. The van der Waals surface area contributed by atoms with Crippen molar-refractivity contribution < 1.29 is 4.74 Å². The number of methoxy groups -OCH3 is 1. The average Bonchev–Trinajstić information content (AvgIpc) is 2.48. The van der Waals surface area contributed by atoms with Crippen molar-refractivity contribution in [2.45, 2.75) is 44.2 Å². The quantitative estimate of drug-likeness (QED) is 0.898. The van der Waals surface area contributed by atoms with Gasteiger partial charge in [-0.25, -0.2) is 0 Å². The molecule has 3 atom stereocenters. The molecule has 0 spiro atoms. The van der Waals surface area contributed by atoms with Crippen molar-refractivity contribution in [3.8, 4) is 0 Å². The van der Waals surface area contributed by atoms with Gasteiger partial charge in [-0.2, -0.15) is 0 Å². The van der Waals surface area contributed by atoms with Crippen molar-refractivity contribution in [3.05, 3.63) is 35.4 Å². The van der Waals surface area contributed by atoms with Gasteiger partial charge in [-0.05, 0) is 43.9 Å². The molecule has 0 amide bonds. The number of likely N-dealkylation sites (N-methyl/N-ethyl adjacent to an activating group) is 1. The van der Waals surface area contributed by atoms with Crippen molar-refractivity contribution >= 4 is 0 Å². The molecular formula is C17H28N2O. The predicted octanol–water partition coefficient (Wildman–Crippen LogP) is 2.70. The van der Waals surface area contributed by atoms with Gasteiger partial charge in [-0.15, -0.1) is 0 Å². The summed E-state index contributed by atoms with van der Waals surface area (Å²) in [7, 11) is 3.94. The van der Waals surface area contributed by atoms with Crippen LogP contribution in [0, 0.1) is 0 Å². The van der Waals surface area contributed by atoms with E-state index in [-0.39, 0.29) is 5.54 Å². The van der Waals surface area contributed by atoms with Crippen molar-refractivity contribution in [3.63, 3.8) is 0 Å². The lowest BCUT2D eigenvalue weighted by Crippen LogP contribution is -2.55. The SMILES string of the molecule is COCC(C)N(C)C1(CN)CCC(C)c2ccccc21. The maximum absolute atomic E-state index is 6.25. The molecular weight excluding hydrogens is 248 g/mol. The third kappa shape index (κ3) is 2.50. The van der Waals surface area contributed by atoms with Crippen LogP contribution in [0.4, 0.5) is 0 Å². The first-order valence-corrected chi connectivity index (χ1v) is 7.58. The number of nitrogens with two attached hydrogens (primary N) is 1. The van der Waals surface area contributed by atoms with E-state index >= 15 is 0 Å². The maximum atomic E-state index is 6.25. The first-order valence-electron chi connectivity index (χ1n) is 7.58. The number of rotatable bonds is 5. The van der Waals surface area contributed by atoms with E-state index in [0.29, 0.717) is 18.5 Å². The smallest absolute Gasteiger partial charge is 0.0615 e. The van der Waals surface area contributed by atoms with Gasteiger partial charge in [0.25, 0.3) is 0 Å². The number of ether oxygens (including phenoxy) is 1. The molecule has 0 radical (unpaired) electrons. The van der Waals surface area contributed by atoms with Gasteiger partial charge < -0.3 is 10.5 Å². The Labute approximate surface area is 123 Å². The molecule has 3 unspecified atom stereocenters. The van der Waals surface area contributed by atoms with Gasteiger partial charge in [-0.1, -0.05) is 31.2 Å². The van der Waals surface area contributed by atoms with E-state index in [1.54, 1.807) is 7.11 Å². The van der Waals surface area contributed by atoms with Crippen LogP contribution in [0.15, 0.2) is 24.3 Å². The Morgan fingerprint density at radius 3 is 2.80 bits per heavy atom. The van der Waals surface area contributed by atoms with Crippen LogP contribution >= 0.6 is 0 Å². The number of hydrogen-bond acceptors (Lipinski definition) is 3. The Kier molecular flexibility index (Phi) is 4.84. The molecule has 2 rings (SSSR count). The zero-order chi connectivity index (χ0) is 14.8. The van der Waals surface area contributed by atoms with E-state index in [9.17, 15) is 0 Å². The Morgan fingerprint density at radius 1 is 1.45 bits per heavy atom. The number of fused-ring (bicyclic) bond motifs is 1. The highest BCUT2D eigenvalue weighted by Crippen LogP contribution is 2.44. The summed E-state index contributed by atoms with van der Waals surface area (Å²) in [5.74, 6) is 0.622. The van der Waals surface area contributed by atoms with Crippen LogP contribution in [-0.4, -0.2) is 38.3 Å². The van der Waals surface area contributed by atoms with Crippen LogP contribution in [0.25, 0.3) is 0 Å². The second-order valence-electron chi connectivity index (χ2n) is 6.18. The minimum Gasteiger partial charge on any atom is -0.383 e. The fourth-order valence-electron chi connectivity index (χ4n) is 3.59. The second-order valence-corrected chi connectivity index (χ2v) is 6.18. The normalized spacial score (nSPS) is 27.4. The zero-order valence-corrected chi connectivity index (χ0v) is 13.2. The molecule has 20 heavy (non-hydrogen) atoms. The van der Waals surface area contributed by atoms with Gasteiger partial charge in [-0.3, -0.25) is 4.90 Å². The molecule has 0 aromatic heterocycles. The molecule has 0 bridgehead atoms. The molecule has 0 saturated carbocycles. The lowest BCUT2D eigenvalue weighted by atomic mass is 9.71.